The molecule has 0 bridgehead atoms. The van der Waals surface area contributed by atoms with Crippen LogP contribution in [0.5, 0.6) is 0 Å². The van der Waals surface area contributed by atoms with Gasteiger partial charge in [-0.25, -0.2) is 0 Å². The first-order valence-electron chi connectivity index (χ1n) is 7.55. The highest BCUT2D eigenvalue weighted by atomic mass is 16.1. The number of rotatable bonds is 8. The van der Waals surface area contributed by atoms with Crippen molar-refractivity contribution in [3.63, 3.8) is 0 Å². The van der Waals surface area contributed by atoms with Crippen LogP contribution in [0.15, 0.2) is 24.3 Å². The van der Waals surface area contributed by atoms with Crippen LogP contribution in [0.3, 0.4) is 0 Å². The van der Waals surface area contributed by atoms with Crippen LogP contribution >= 0.6 is 0 Å². The zero-order valence-corrected chi connectivity index (χ0v) is 12.3. The average Bonchev–Trinajstić information content (AvgIpc) is 3.27. The van der Waals surface area contributed by atoms with E-state index in [1.807, 2.05) is 24.3 Å². The van der Waals surface area contributed by atoms with E-state index < -0.39 is 0 Å². The third-order valence-corrected chi connectivity index (χ3v) is 3.87. The minimum absolute atomic E-state index is 0.111. The lowest BCUT2D eigenvalue weighted by atomic mass is 10.1. The molecule has 0 radical (unpaired) electrons. The zero-order valence-electron chi connectivity index (χ0n) is 12.3. The second-order valence-corrected chi connectivity index (χ2v) is 5.41. The normalized spacial score (nSPS) is 14.5. The number of nitrogens with one attached hydrogen (secondary N) is 1. The van der Waals surface area contributed by atoms with Gasteiger partial charge in [-0.2, -0.15) is 0 Å². The van der Waals surface area contributed by atoms with E-state index in [1.54, 1.807) is 0 Å². The summed E-state index contributed by atoms with van der Waals surface area (Å²) in [5.74, 6) is 0.111. The molecule has 0 aliphatic heterocycles. The molecule has 2 rings (SSSR count). The van der Waals surface area contributed by atoms with E-state index >= 15 is 0 Å². The number of benzene rings is 1. The minimum atomic E-state index is 0.111. The van der Waals surface area contributed by atoms with Gasteiger partial charge in [0.2, 0.25) is 5.91 Å². The van der Waals surface area contributed by atoms with Crippen molar-refractivity contribution in [3.8, 4) is 0 Å². The monoisotopic (exact) mass is 275 g/mol. The first-order valence-corrected chi connectivity index (χ1v) is 7.55. The largest absolute Gasteiger partial charge is 0.399 e. The fraction of sp³-hybridized carbons (Fsp3) is 0.562. The van der Waals surface area contributed by atoms with Gasteiger partial charge in [0.05, 0.1) is 0 Å². The van der Waals surface area contributed by atoms with Crippen molar-refractivity contribution in [1.29, 1.82) is 0 Å². The molecule has 1 saturated carbocycles. The fourth-order valence-corrected chi connectivity index (χ4v) is 2.48. The maximum Gasteiger partial charge on any atom is 0.220 e. The molecule has 1 aliphatic rings. The summed E-state index contributed by atoms with van der Waals surface area (Å²) in [5.41, 5.74) is 7.69. The molecule has 0 heterocycles. The quantitative estimate of drug-likeness (QED) is 0.711. The number of nitrogens with two attached hydrogens (primary N) is 1. The molecule has 1 fully saturated rings. The summed E-state index contributed by atoms with van der Waals surface area (Å²) in [5, 5.41) is 3.00. The smallest absolute Gasteiger partial charge is 0.220 e. The van der Waals surface area contributed by atoms with Crippen LogP contribution in [-0.2, 0) is 11.2 Å². The predicted molar refractivity (Wildman–Crippen MR) is 82.5 cm³/mol. The molecule has 3 N–H and O–H groups in total. The van der Waals surface area contributed by atoms with E-state index in [2.05, 4.69) is 17.1 Å². The average molecular weight is 275 g/mol. The second kappa shape index (κ2) is 7.29. The maximum atomic E-state index is 11.8. The SMILES string of the molecule is CCN(CCNC(=O)CCc1ccccc1N)C1CC1. The van der Waals surface area contributed by atoms with Gasteiger partial charge in [0.15, 0.2) is 0 Å². The number of carbonyl (C=O) groups is 1. The van der Waals surface area contributed by atoms with Crippen molar-refractivity contribution in [1.82, 2.24) is 10.2 Å². The number of hydrogen-bond donors (Lipinski definition) is 2. The number of likely N-dealkylation sites (N-methyl/N-ethyl adjacent to an activating group) is 1. The molecular weight excluding hydrogens is 250 g/mol. The first kappa shape index (κ1) is 14.9. The number of hydrogen-bond acceptors (Lipinski definition) is 3. The van der Waals surface area contributed by atoms with Crippen molar-refractivity contribution < 1.29 is 4.79 Å². The van der Waals surface area contributed by atoms with Gasteiger partial charge in [0.25, 0.3) is 0 Å². The Hall–Kier alpha value is -1.55. The topological polar surface area (TPSA) is 58.4 Å². The lowest BCUT2D eigenvalue weighted by Gasteiger charge is -2.19. The maximum absolute atomic E-state index is 11.8. The summed E-state index contributed by atoms with van der Waals surface area (Å²) in [6.45, 7) is 4.95. The standard InChI is InChI=1S/C16H25N3O/c1-2-19(14-8-9-14)12-11-18-16(20)10-7-13-5-3-4-6-15(13)17/h3-6,14H,2,7-12,17H2,1H3,(H,18,20). The number of para-hydroxylation sites is 1. The van der Waals surface area contributed by atoms with Crippen LogP contribution in [0.1, 0.15) is 31.7 Å². The van der Waals surface area contributed by atoms with Gasteiger partial charge in [0, 0.05) is 31.2 Å². The van der Waals surface area contributed by atoms with E-state index in [1.165, 1.54) is 12.8 Å². The number of aryl methyl sites for hydroxylation is 1. The van der Waals surface area contributed by atoms with E-state index in [9.17, 15) is 4.79 Å². The summed E-state index contributed by atoms with van der Waals surface area (Å²) in [6.07, 6.45) is 3.84. The van der Waals surface area contributed by atoms with Crippen LogP contribution in [0.2, 0.25) is 0 Å². The summed E-state index contributed by atoms with van der Waals surface area (Å²) < 4.78 is 0. The minimum Gasteiger partial charge on any atom is -0.399 e. The third kappa shape index (κ3) is 4.53. The second-order valence-electron chi connectivity index (χ2n) is 5.41. The Labute approximate surface area is 121 Å². The van der Waals surface area contributed by atoms with Gasteiger partial charge in [0.1, 0.15) is 0 Å². The summed E-state index contributed by atoms with van der Waals surface area (Å²) in [6, 6.07) is 8.49. The molecule has 0 saturated heterocycles. The van der Waals surface area contributed by atoms with Gasteiger partial charge in [-0.1, -0.05) is 25.1 Å². The highest BCUT2D eigenvalue weighted by Crippen LogP contribution is 2.25. The number of nitrogen functional groups attached to an aromatic ring is 1. The molecule has 0 atom stereocenters. The predicted octanol–water partition coefficient (Wildman–Crippen LogP) is 1.80. The van der Waals surface area contributed by atoms with Gasteiger partial charge in [-0.15, -0.1) is 0 Å². The summed E-state index contributed by atoms with van der Waals surface area (Å²) in [4.78, 5) is 14.3. The Morgan fingerprint density at radius 1 is 1.40 bits per heavy atom. The first-order chi connectivity index (χ1) is 9.70. The van der Waals surface area contributed by atoms with Crippen molar-refractivity contribution in [2.24, 2.45) is 0 Å². The molecule has 1 aromatic rings. The van der Waals surface area contributed by atoms with E-state index in [0.717, 1.165) is 36.9 Å². The highest BCUT2D eigenvalue weighted by Gasteiger charge is 2.27. The van der Waals surface area contributed by atoms with Crippen molar-refractivity contribution >= 4 is 11.6 Å². The Balaban J connectivity index is 1.64. The van der Waals surface area contributed by atoms with Crippen molar-refractivity contribution in [3.05, 3.63) is 29.8 Å². The van der Waals surface area contributed by atoms with Gasteiger partial charge in [-0.05, 0) is 37.4 Å². The van der Waals surface area contributed by atoms with Gasteiger partial charge < -0.3 is 11.1 Å². The van der Waals surface area contributed by atoms with Crippen LogP contribution in [0, 0.1) is 0 Å². The Kier molecular flexibility index (Phi) is 5.41. The van der Waals surface area contributed by atoms with Gasteiger partial charge in [-0.3, -0.25) is 9.69 Å². The molecule has 0 spiro atoms. The van der Waals surface area contributed by atoms with Gasteiger partial charge >= 0.3 is 0 Å². The molecule has 1 aromatic carbocycles. The van der Waals surface area contributed by atoms with E-state index in [-0.39, 0.29) is 5.91 Å². The molecule has 4 heteroatoms. The highest BCUT2D eigenvalue weighted by molar-refractivity contribution is 5.76. The molecular formula is C16H25N3O. The van der Waals surface area contributed by atoms with Crippen molar-refractivity contribution in [2.45, 2.75) is 38.6 Å². The number of carbonyl (C=O) groups excluding carboxylic acids is 1. The Bertz CT molecular complexity index is 443. The molecule has 0 unspecified atom stereocenters. The lowest BCUT2D eigenvalue weighted by molar-refractivity contribution is -0.121. The fourth-order valence-electron chi connectivity index (χ4n) is 2.48. The Morgan fingerprint density at radius 2 is 2.15 bits per heavy atom. The summed E-state index contributed by atoms with van der Waals surface area (Å²) >= 11 is 0. The molecule has 110 valence electrons. The van der Waals surface area contributed by atoms with Crippen LogP contribution < -0.4 is 11.1 Å². The number of anilines is 1. The van der Waals surface area contributed by atoms with Crippen LogP contribution in [0.25, 0.3) is 0 Å². The van der Waals surface area contributed by atoms with E-state index in [0.29, 0.717) is 12.8 Å². The number of nitrogens with zero attached hydrogens (tertiary/aromatic N) is 1. The van der Waals surface area contributed by atoms with E-state index in [4.69, 9.17) is 5.73 Å². The molecule has 4 nitrogen and oxygen atoms in total. The van der Waals surface area contributed by atoms with Crippen molar-refractivity contribution in [2.75, 3.05) is 25.4 Å². The summed E-state index contributed by atoms with van der Waals surface area (Å²) in [7, 11) is 0. The molecule has 20 heavy (non-hydrogen) atoms. The number of amides is 1. The third-order valence-electron chi connectivity index (χ3n) is 3.87. The molecule has 0 aromatic heterocycles. The lowest BCUT2D eigenvalue weighted by Crippen LogP contribution is -2.36. The van der Waals surface area contributed by atoms with Crippen LogP contribution in [0.4, 0.5) is 5.69 Å². The van der Waals surface area contributed by atoms with Crippen LogP contribution in [-0.4, -0.2) is 36.5 Å². The zero-order chi connectivity index (χ0) is 14.4. The molecule has 1 aliphatic carbocycles. The Morgan fingerprint density at radius 3 is 2.80 bits per heavy atom. The molecule has 1 amide bonds.